The second-order valence-electron chi connectivity index (χ2n) is 3.37. The van der Waals surface area contributed by atoms with Gasteiger partial charge < -0.3 is 5.73 Å². The molecule has 2 aromatic rings. The van der Waals surface area contributed by atoms with Gasteiger partial charge >= 0.3 is 0 Å². The zero-order valence-electron chi connectivity index (χ0n) is 8.79. The van der Waals surface area contributed by atoms with Crippen molar-refractivity contribution in [3.8, 4) is 11.4 Å². The SMILES string of the molecule is Cn1nc(-c2cc(F)cc([N+](=O)[O-])c2)nc1N. The monoisotopic (exact) mass is 237 g/mol. The number of nitrogen functional groups attached to an aromatic ring is 1. The molecule has 1 aromatic heterocycles. The first-order chi connectivity index (χ1) is 7.97. The molecule has 0 fully saturated rings. The Kier molecular flexibility index (Phi) is 2.47. The molecular weight excluding hydrogens is 229 g/mol. The fraction of sp³-hybridized carbons (Fsp3) is 0.111. The zero-order valence-corrected chi connectivity index (χ0v) is 8.79. The first-order valence-corrected chi connectivity index (χ1v) is 4.59. The number of aromatic nitrogens is 3. The Labute approximate surface area is 94.8 Å². The molecule has 0 atom stereocenters. The van der Waals surface area contributed by atoms with Crippen LogP contribution in [-0.4, -0.2) is 19.7 Å². The topological polar surface area (TPSA) is 99.9 Å². The highest BCUT2D eigenvalue weighted by Gasteiger charge is 2.14. The lowest BCUT2D eigenvalue weighted by molar-refractivity contribution is -0.385. The minimum Gasteiger partial charge on any atom is -0.368 e. The number of nitro benzene ring substituents is 1. The van der Waals surface area contributed by atoms with E-state index in [-0.39, 0.29) is 23.0 Å². The maximum absolute atomic E-state index is 13.2. The predicted molar refractivity (Wildman–Crippen MR) is 57.5 cm³/mol. The van der Waals surface area contributed by atoms with Crippen LogP contribution >= 0.6 is 0 Å². The van der Waals surface area contributed by atoms with Gasteiger partial charge in [-0.3, -0.25) is 10.1 Å². The van der Waals surface area contributed by atoms with Crippen molar-refractivity contribution < 1.29 is 9.31 Å². The molecule has 0 saturated carbocycles. The van der Waals surface area contributed by atoms with Crippen LogP contribution in [-0.2, 0) is 7.05 Å². The molecule has 7 nitrogen and oxygen atoms in total. The summed E-state index contributed by atoms with van der Waals surface area (Å²) in [5.74, 6) is -0.431. The standard InChI is InChI=1S/C9H8FN5O2/c1-14-9(11)12-8(13-14)5-2-6(10)4-7(3-5)15(16)17/h2-4H,1H3,(H2,11,12,13). The van der Waals surface area contributed by atoms with Crippen molar-refractivity contribution in [3.05, 3.63) is 34.1 Å². The van der Waals surface area contributed by atoms with E-state index in [1.807, 2.05) is 0 Å². The third-order valence-electron chi connectivity index (χ3n) is 2.15. The first kappa shape index (κ1) is 11.0. The number of hydrogen-bond acceptors (Lipinski definition) is 5. The van der Waals surface area contributed by atoms with Crippen molar-refractivity contribution in [2.45, 2.75) is 0 Å². The van der Waals surface area contributed by atoms with E-state index in [0.29, 0.717) is 0 Å². The predicted octanol–water partition coefficient (Wildman–Crippen LogP) is 1.11. The van der Waals surface area contributed by atoms with Gasteiger partial charge in [-0.2, -0.15) is 4.98 Å². The molecule has 88 valence electrons. The van der Waals surface area contributed by atoms with E-state index in [1.165, 1.54) is 10.7 Å². The molecular formula is C9H8FN5O2. The Morgan fingerprint density at radius 1 is 1.47 bits per heavy atom. The van der Waals surface area contributed by atoms with E-state index in [0.717, 1.165) is 12.1 Å². The lowest BCUT2D eigenvalue weighted by Gasteiger charge is -1.96. The lowest BCUT2D eigenvalue weighted by Crippen LogP contribution is -1.97. The molecule has 2 N–H and O–H groups in total. The van der Waals surface area contributed by atoms with E-state index in [2.05, 4.69) is 10.1 Å². The molecule has 0 aliphatic heterocycles. The summed E-state index contributed by atoms with van der Waals surface area (Å²) in [6.07, 6.45) is 0. The summed E-state index contributed by atoms with van der Waals surface area (Å²) in [5, 5.41) is 14.5. The highest BCUT2D eigenvalue weighted by atomic mass is 19.1. The molecule has 0 aliphatic rings. The lowest BCUT2D eigenvalue weighted by atomic mass is 10.2. The van der Waals surface area contributed by atoms with Crippen LogP contribution in [0, 0.1) is 15.9 Å². The number of non-ortho nitro benzene ring substituents is 1. The normalized spacial score (nSPS) is 10.5. The molecule has 0 amide bonds. The van der Waals surface area contributed by atoms with Crippen molar-refractivity contribution >= 4 is 11.6 Å². The largest absolute Gasteiger partial charge is 0.368 e. The second kappa shape index (κ2) is 3.81. The fourth-order valence-electron chi connectivity index (χ4n) is 1.33. The second-order valence-corrected chi connectivity index (χ2v) is 3.37. The van der Waals surface area contributed by atoms with Crippen molar-refractivity contribution in [3.63, 3.8) is 0 Å². The van der Waals surface area contributed by atoms with Gasteiger partial charge in [-0.1, -0.05) is 0 Å². The molecule has 8 heteroatoms. The Balaban J connectivity index is 2.55. The van der Waals surface area contributed by atoms with Gasteiger partial charge in [0.15, 0.2) is 5.82 Å². The summed E-state index contributed by atoms with van der Waals surface area (Å²) >= 11 is 0. The van der Waals surface area contributed by atoms with Gasteiger partial charge in [0.25, 0.3) is 5.69 Å². The van der Waals surface area contributed by atoms with Gasteiger partial charge in [0.05, 0.1) is 11.0 Å². The molecule has 0 unspecified atom stereocenters. The highest BCUT2D eigenvalue weighted by Crippen LogP contribution is 2.23. The van der Waals surface area contributed by atoms with Crippen LogP contribution in [0.25, 0.3) is 11.4 Å². The average Bonchev–Trinajstić information content (AvgIpc) is 2.58. The van der Waals surface area contributed by atoms with Crippen molar-refractivity contribution in [2.24, 2.45) is 7.05 Å². The van der Waals surface area contributed by atoms with Gasteiger partial charge in [0.2, 0.25) is 5.95 Å². The van der Waals surface area contributed by atoms with Crippen molar-refractivity contribution in [1.29, 1.82) is 0 Å². The van der Waals surface area contributed by atoms with Gasteiger partial charge in [-0.15, -0.1) is 5.10 Å². The molecule has 0 bridgehead atoms. The third-order valence-corrected chi connectivity index (χ3v) is 2.15. The molecule has 1 heterocycles. The molecule has 2 rings (SSSR count). The van der Waals surface area contributed by atoms with Crippen LogP contribution < -0.4 is 5.73 Å². The first-order valence-electron chi connectivity index (χ1n) is 4.59. The number of hydrogen-bond donors (Lipinski definition) is 1. The number of nitro groups is 1. The molecule has 1 aromatic carbocycles. The smallest absolute Gasteiger partial charge is 0.273 e. The van der Waals surface area contributed by atoms with Crippen LogP contribution in [0.5, 0.6) is 0 Å². The Bertz CT molecular complexity index is 576. The minimum absolute atomic E-state index is 0.145. The summed E-state index contributed by atoms with van der Waals surface area (Å²) in [4.78, 5) is 13.8. The number of nitrogens with two attached hydrogens (primary N) is 1. The van der Waals surface area contributed by atoms with Crippen LogP contribution in [0.4, 0.5) is 16.0 Å². The van der Waals surface area contributed by atoms with Gasteiger partial charge in [0.1, 0.15) is 5.82 Å². The van der Waals surface area contributed by atoms with Gasteiger partial charge in [-0.05, 0) is 6.07 Å². The molecule has 0 aliphatic carbocycles. The van der Waals surface area contributed by atoms with Crippen molar-refractivity contribution in [2.75, 3.05) is 5.73 Å². The number of nitrogens with zero attached hydrogens (tertiary/aromatic N) is 4. The maximum atomic E-state index is 13.2. The number of rotatable bonds is 2. The Morgan fingerprint density at radius 3 is 2.71 bits per heavy atom. The van der Waals surface area contributed by atoms with Gasteiger partial charge in [-0.25, -0.2) is 9.07 Å². The van der Waals surface area contributed by atoms with Crippen LogP contribution in [0.1, 0.15) is 0 Å². The number of aryl methyl sites for hydroxylation is 1. The average molecular weight is 237 g/mol. The molecule has 17 heavy (non-hydrogen) atoms. The maximum Gasteiger partial charge on any atom is 0.273 e. The quantitative estimate of drug-likeness (QED) is 0.622. The van der Waals surface area contributed by atoms with E-state index in [1.54, 1.807) is 7.05 Å². The molecule has 0 spiro atoms. The fourth-order valence-corrected chi connectivity index (χ4v) is 1.33. The van der Waals surface area contributed by atoms with Gasteiger partial charge in [0, 0.05) is 18.7 Å². The van der Waals surface area contributed by atoms with E-state index < -0.39 is 10.7 Å². The summed E-state index contributed by atoms with van der Waals surface area (Å²) < 4.78 is 14.5. The number of halogens is 1. The minimum atomic E-state index is -0.722. The Morgan fingerprint density at radius 2 is 2.18 bits per heavy atom. The number of anilines is 1. The summed E-state index contributed by atoms with van der Waals surface area (Å²) in [6, 6.07) is 3.13. The number of benzene rings is 1. The zero-order chi connectivity index (χ0) is 12.6. The van der Waals surface area contributed by atoms with Crippen LogP contribution in [0.2, 0.25) is 0 Å². The van der Waals surface area contributed by atoms with Crippen molar-refractivity contribution in [1.82, 2.24) is 14.8 Å². The highest BCUT2D eigenvalue weighted by molar-refractivity contribution is 5.60. The van der Waals surface area contributed by atoms with E-state index >= 15 is 0 Å². The van der Waals surface area contributed by atoms with E-state index in [9.17, 15) is 14.5 Å². The molecule has 0 radical (unpaired) electrons. The summed E-state index contributed by atoms with van der Waals surface area (Å²) in [7, 11) is 1.57. The third kappa shape index (κ3) is 2.05. The van der Waals surface area contributed by atoms with Crippen LogP contribution in [0.15, 0.2) is 18.2 Å². The summed E-state index contributed by atoms with van der Waals surface area (Å²) in [6.45, 7) is 0. The Hall–Kier alpha value is -2.51. The molecule has 0 saturated heterocycles. The summed E-state index contributed by atoms with van der Waals surface area (Å²) in [5.41, 5.74) is 5.33. The van der Waals surface area contributed by atoms with E-state index in [4.69, 9.17) is 5.73 Å². The van der Waals surface area contributed by atoms with Crippen LogP contribution in [0.3, 0.4) is 0 Å².